The number of aromatic nitrogens is 2. The molecule has 5 rings (SSSR count). The molecule has 3 heterocycles. The third kappa shape index (κ3) is 4.08. The molecular weight excluding hydrogens is 432 g/mol. The summed E-state index contributed by atoms with van der Waals surface area (Å²) in [6.07, 6.45) is 0. The fraction of sp³-hybridized carbons (Fsp3) is 0.269. The van der Waals surface area contributed by atoms with E-state index in [9.17, 15) is 8.42 Å². The number of fused-ring (bicyclic) bond motifs is 1. The van der Waals surface area contributed by atoms with E-state index in [0.29, 0.717) is 31.1 Å². The average molecular weight is 461 g/mol. The van der Waals surface area contributed by atoms with Gasteiger partial charge < -0.3 is 10.3 Å². The van der Waals surface area contributed by atoms with E-state index in [1.54, 1.807) is 16.4 Å². The predicted molar refractivity (Wildman–Crippen MR) is 133 cm³/mol. The molecule has 0 bridgehead atoms. The van der Waals surface area contributed by atoms with Crippen molar-refractivity contribution in [2.45, 2.75) is 25.7 Å². The highest BCUT2D eigenvalue weighted by atomic mass is 32.2. The number of H-pyrrole nitrogens is 1. The van der Waals surface area contributed by atoms with Crippen LogP contribution < -0.4 is 5.32 Å². The van der Waals surface area contributed by atoms with Gasteiger partial charge in [0.1, 0.15) is 0 Å². The molecule has 1 aliphatic heterocycles. The summed E-state index contributed by atoms with van der Waals surface area (Å²) in [7, 11) is -3.46. The number of aromatic amines is 1. The summed E-state index contributed by atoms with van der Waals surface area (Å²) in [6.45, 7) is 8.50. The molecule has 4 aromatic rings. The van der Waals surface area contributed by atoms with E-state index in [1.807, 2.05) is 26.0 Å². The van der Waals surface area contributed by atoms with Crippen LogP contribution in [0.15, 0.2) is 59.5 Å². The van der Waals surface area contributed by atoms with Crippen molar-refractivity contribution >= 4 is 20.9 Å². The topological polar surface area (TPSA) is 78.1 Å². The molecule has 7 heteroatoms. The van der Waals surface area contributed by atoms with E-state index < -0.39 is 10.0 Å². The third-order valence-electron chi connectivity index (χ3n) is 6.33. The Bertz CT molecular complexity index is 1410. The summed E-state index contributed by atoms with van der Waals surface area (Å²) in [6, 6.07) is 17.9. The molecule has 0 spiro atoms. The lowest BCUT2D eigenvalue weighted by molar-refractivity contribution is 0.360. The number of pyridine rings is 1. The Morgan fingerprint density at radius 3 is 2.12 bits per heavy atom. The zero-order valence-corrected chi connectivity index (χ0v) is 20.0. The molecule has 2 aromatic heterocycles. The van der Waals surface area contributed by atoms with Gasteiger partial charge in [-0.25, -0.2) is 8.42 Å². The number of sulfonamides is 1. The number of nitrogens with one attached hydrogen (secondary N) is 2. The molecule has 2 aromatic carbocycles. The molecule has 6 nitrogen and oxygen atoms in total. The molecule has 0 radical (unpaired) electrons. The first-order valence-corrected chi connectivity index (χ1v) is 12.7. The van der Waals surface area contributed by atoms with E-state index in [0.717, 1.165) is 50.2 Å². The van der Waals surface area contributed by atoms with Gasteiger partial charge in [0.15, 0.2) is 0 Å². The summed E-state index contributed by atoms with van der Waals surface area (Å²) < 4.78 is 27.4. The monoisotopic (exact) mass is 460 g/mol. The van der Waals surface area contributed by atoms with Gasteiger partial charge in [0.25, 0.3) is 0 Å². The van der Waals surface area contributed by atoms with Crippen LogP contribution in [0, 0.1) is 20.8 Å². The van der Waals surface area contributed by atoms with Gasteiger partial charge in [-0.2, -0.15) is 4.31 Å². The highest BCUT2D eigenvalue weighted by Gasteiger charge is 2.25. The molecule has 0 unspecified atom stereocenters. The van der Waals surface area contributed by atoms with Crippen LogP contribution in [0.1, 0.15) is 17.0 Å². The maximum absolute atomic E-state index is 12.9. The molecule has 170 valence electrons. The molecule has 1 saturated heterocycles. The van der Waals surface area contributed by atoms with Crippen molar-refractivity contribution in [3.63, 3.8) is 0 Å². The van der Waals surface area contributed by atoms with Crippen LogP contribution in [0.5, 0.6) is 0 Å². The summed E-state index contributed by atoms with van der Waals surface area (Å²) >= 11 is 0. The highest BCUT2D eigenvalue weighted by molar-refractivity contribution is 7.89. The van der Waals surface area contributed by atoms with Gasteiger partial charge >= 0.3 is 0 Å². The van der Waals surface area contributed by atoms with Crippen LogP contribution in [0.25, 0.3) is 33.3 Å². The van der Waals surface area contributed by atoms with Gasteiger partial charge in [0.2, 0.25) is 10.0 Å². The molecule has 33 heavy (non-hydrogen) atoms. The zero-order chi connectivity index (χ0) is 23.2. The fourth-order valence-corrected chi connectivity index (χ4v) is 6.08. The maximum atomic E-state index is 12.9. The minimum Gasteiger partial charge on any atom is -0.354 e. The van der Waals surface area contributed by atoms with Crippen LogP contribution >= 0.6 is 0 Å². The highest BCUT2D eigenvalue weighted by Crippen LogP contribution is 2.33. The van der Waals surface area contributed by atoms with Gasteiger partial charge in [0.05, 0.1) is 4.90 Å². The van der Waals surface area contributed by atoms with Gasteiger partial charge in [0, 0.05) is 54.2 Å². The van der Waals surface area contributed by atoms with Gasteiger partial charge in [-0.3, -0.25) is 4.98 Å². The second-order valence-corrected chi connectivity index (χ2v) is 10.6. The minimum absolute atomic E-state index is 0.340. The van der Waals surface area contributed by atoms with Crippen molar-refractivity contribution in [3.8, 4) is 22.4 Å². The van der Waals surface area contributed by atoms with Crippen molar-refractivity contribution in [2.24, 2.45) is 0 Å². The third-order valence-corrected chi connectivity index (χ3v) is 8.24. The van der Waals surface area contributed by atoms with E-state index in [2.05, 4.69) is 52.5 Å². The quantitative estimate of drug-likeness (QED) is 0.473. The molecule has 0 amide bonds. The lowest BCUT2D eigenvalue weighted by Gasteiger charge is -2.26. The van der Waals surface area contributed by atoms with Crippen molar-refractivity contribution in [1.29, 1.82) is 0 Å². The molecule has 0 atom stereocenters. The number of aryl methyl sites for hydroxylation is 3. The Hall–Kier alpha value is -3.00. The molecule has 2 N–H and O–H groups in total. The number of rotatable bonds is 4. The van der Waals surface area contributed by atoms with E-state index in [4.69, 9.17) is 0 Å². The summed E-state index contributed by atoms with van der Waals surface area (Å²) in [5.41, 5.74) is 8.49. The summed E-state index contributed by atoms with van der Waals surface area (Å²) in [5.74, 6) is 0. The lowest BCUT2D eigenvalue weighted by atomic mass is 10.0. The predicted octanol–water partition coefficient (Wildman–Crippen LogP) is 4.42. The van der Waals surface area contributed by atoms with Crippen LogP contribution in [-0.4, -0.2) is 48.9 Å². The number of nitrogens with zero attached hydrogens (tertiary/aromatic N) is 2. The standard InChI is InChI=1S/C26H28N4O2S/c1-17-14-22(15-18(2)28-17)21-6-9-24-19(3)26(29-25(24)16-21)20-4-7-23(8-5-20)33(31,32)30-12-10-27-11-13-30/h4-9,14-16,27,29H,10-13H2,1-3H3. The summed E-state index contributed by atoms with van der Waals surface area (Å²) in [5, 5.41) is 4.36. The van der Waals surface area contributed by atoms with Crippen molar-refractivity contribution < 1.29 is 8.42 Å². The molecule has 1 fully saturated rings. The van der Waals surface area contributed by atoms with E-state index in [1.165, 1.54) is 0 Å². The smallest absolute Gasteiger partial charge is 0.243 e. The van der Waals surface area contributed by atoms with E-state index in [-0.39, 0.29) is 0 Å². The minimum atomic E-state index is -3.46. The molecule has 1 aliphatic rings. The van der Waals surface area contributed by atoms with Gasteiger partial charge in [-0.1, -0.05) is 24.3 Å². The van der Waals surface area contributed by atoms with Crippen molar-refractivity contribution in [2.75, 3.05) is 26.2 Å². The molecular formula is C26H28N4O2S. The Balaban J connectivity index is 1.49. The molecule has 0 saturated carbocycles. The average Bonchev–Trinajstić information content (AvgIpc) is 3.15. The fourth-order valence-electron chi connectivity index (χ4n) is 4.63. The maximum Gasteiger partial charge on any atom is 0.243 e. The Morgan fingerprint density at radius 2 is 1.45 bits per heavy atom. The first-order chi connectivity index (χ1) is 15.8. The normalized spacial score (nSPS) is 15.2. The Kier molecular flexibility index (Phi) is 5.56. The van der Waals surface area contributed by atoms with Crippen LogP contribution in [0.4, 0.5) is 0 Å². The van der Waals surface area contributed by atoms with E-state index >= 15 is 0 Å². The van der Waals surface area contributed by atoms with Gasteiger partial charge in [-0.05, 0) is 73.4 Å². The molecule has 0 aliphatic carbocycles. The van der Waals surface area contributed by atoms with Crippen molar-refractivity contribution in [1.82, 2.24) is 19.6 Å². The number of hydrogen-bond acceptors (Lipinski definition) is 4. The first-order valence-electron chi connectivity index (χ1n) is 11.2. The Morgan fingerprint density at radius 1 is 0.818 bits per heavy atom. The zero-order valence-electron chi connectivity index (χ0n) is 19.1. The first kappa shape index (κ1) is 21.8. The lowest BCUT2D eigenvalue weighted by Crippen LogP contribution is -2.46. The largest absolute Gasteiger partial charge is 0.354 e. The van der Waals surface area contributed by atoms with Gasteiger partial charge in [-0.15, -0.1) is 0 Å². The summed E-state index contributed by atoms with van der Waals surface area (Å²) in [4.78, 5) is 8.38. The number of piperazine rings is 1. The van der Waals surface area contributed by atoms with Crippen LogP contribution in [0.3, 0.4) is 0 Å². The Labute approximate surface area is 194 Å². The second kappa shape index (κ2) is 8.41. The van der Waals surface area contributed by atoms with Crippen molar-refractivity contribution in [3.05, 3.63) is 71.5 Å². The van der Waals surface area contributed by atoms with Crippen LogP contribution in [0.2, 0.25) is 0 Å². The van der Waals surface area contributed by atoms with Crippen LogP contribution in [-0.2, 0) is 10.0 Å². The number of benzene rings is 2. The second-order valence-electron chi connectivity index (χ2n) is 8.70. The SMILES string of the molecule is Cc1cc(-c2ccc3c(C)c(-c4ccc(S(=O)(=O)N5CCNCC5)cc4)[nH]c3c2)cc(C)n1. The number of hydrogen-bond donors (Lipinski definition) is 2.